The molecule has 0 radical (unpaired) electrons. The van der Waals surface area contributed by atoms with E-state index in [2.05, 4.69) is 16.8 Å². The second-order valence-electron chi connectivity index (χ2n) is 8.34. The van der Waals surface area contributed by atoms with Crippen LogP contribution in [-0.2, 0) is 9.53 Å². The van der Waals surface area contributed by atoms with Crippen molar-refractivity contribution < 1.29 is 9.53 Å². The lowest BCUT2D eigenvalue weighted by molar-refractivity contribution is -0.147. The van der Waals surface area contributed by atoms with Crippen molar-refractivity contribution in [2.45, 2.75) is 62.4 Å². The summed E-state index contributed by atoms with van der Waals surface area (Å²) < 4.78 is 5.46. The van der Waals surface area contributed by atoms with Gasteiger partial charge in [0.2, 0.25) is 5.91 Å². The van der Waals surface area contributed by atoms with Gasteiger partial charge in [0.1, 0.15) is 0 Å². The molecule has 3 saturated heterocycles. The molecule has 1 saturated carbocycles. The van der Waals surface area contributed by atoms with Crippen LogP contribution in [0, 0.1) is 17.8 Å². The first-order valence-electron chi connectivity index (χ1n) is 9.87. The van der Waals surface area contributed by atoms with E-state index in [1.165, 1.54) is 32.1 Å². The number of hydrogen-bond donors (Lipinski definition) is 0. The molecule has 0 aromatic carbocycles. The smallest absolute Gasteiger partial charge is 0.227 e. The third kappa shape index (κ3) is 3.10. The van der Waals surface area contributed by atoms with E-state index in [0.29, 0.717) is 48.4 Å². The zero-order valence-corrected chi connectivity index (χ0v) is 15.6. The molecule has 4 atom stereocenters. The summed E-state index contributed by atoms with van der Waals surface area (Å²) in [6.45, 7) is 2.94. The third-order valence-electron chi connectivity index (χ3n) is 7.23. The Morgan fingerprint density at radius 2 is 1.75 bits per heavy atom. The maximum Gasteiger partial charge on any atom is 0.227 e. The Labute approximate surface area is 150 Å². The summed E-state index contributed by atoms with van der Waals surface area (Å²) >= 11 is 6.34. The van der Waals surface area contributed by atoms with Crippen LogP contribution in [-0.4, -0.2) is 66.5 Å². The zero-order valence-electron chi connectivity index (χ0n) is 14.8. The van der Waals surface area contributed by atoms with Crippen molar-refractivity contribution in [3.8, 4) is 0 Å². The number of carbonyl (C=O) groups excluding carboxylic acids is 1. The van der Waals surface area contributed by atoms with Gasteiger partial charge in [0, 0.05) is 30.6 Å². The van der Waals surface area contributed by atoms with Gasteiger partial charge in [-0.25, -0.2) is 0 Å². The molecule has 0 N–H and O–H groups in total. The summed E-state index contributed by atoms with van der Waals surface area (Å²) in [5.74, 6) is 1.88. The number of rotatable bonds is 2. The second-order valence-corrected chi connectivity index (χ2v) is 8.96. The molecule has 4 nitrogen and oxygen atoms in total. The Morgan fingerprint density at radius 3 is 2.46 bits per heavy atom. The molecule has 24 heavy (non-hydrogen) atoms. The summed E-state index contributed by atoms with van der Waals surface area (Å²) in [5.41, 5.74) is 0. The number of carbonyl (C=O) groups is 1. The normalized spacial score (nSPS) is 43.8. The molecule has 0 aromatic rings. The van der Waals surface area contributed by atoms with E-state index < -0.39 is 0 Å². The molecule has 4 aliphatic rings. The number of halogens is 1. The molecule has 136 valence electrons. The minimum Gasteiger partial charge on any atom is -0.378 e. The van der Waals surface area contributed by atoms with Crippen LogP contribution in [0.3, 0.4) is 0 Å². The van der Waals surface area contributed by atoms with Crippen molar-refractivity contribution in [1.82, 2.24) is 9.80 Å². The molecular formula is C19H31ClN2O2. The van der Waals surface area contributed by atoms with Gasteiger partial charge in [0.25, 0.3) is 0 Å². The van der Waals surface area contributed by atoms with Gasteiger partial charge >= 0.3 is 0 Å². The fourth-order valence-corrected chi connectivity index (χ4v) is 6.09. The number of amides is 1. The Bertz CT molecular complexity index is 460. The van der Waals surface area contributed by atoms with Crippen LogP contribution in [0.25, 0.3) is 0 Å². The second kappa shape index (κ2) is 7.13. The summed E-state index contributed by atoms with van der Waals surface area (Å²) in [7, 11) is 2.24. The molecule has 3 aliphatic heterocycles. The number of piperidine rings is 1. The van der Waals surface area contributed by atoms with Crippen molar-refractivity contribution in [3.05, 3.63) is 0 Å². The number of alkyl halides is 1. The molecular weight excluding hydrogens is 324 g/mol. The predicted octanol–water partition coefficient (Wildman–Crippen LogP) is 2.74. The molecule has 3 heterocycles. The van der Waals surface area contributed by atoms with E-state index in [-0.39, 0.29) is 5.92 Å². The van der Waals surface area contributed by atoms with Crippen molar-refractivity contribution in [3.63, 3.8) is 0 Å². The Hall–Kier alpha value is -0.320. The van der Waals surface area contributed by atoms with E-state index in [9.17, 15) is 4.79 Å². The standard InChI is InChI=1S/C19H31ClN2O2/c1-21-15-6-7-17(21)18(19(23)22-8-10-24-11-9-22)16(12-15)13-2-4-14(20)5-3-13/h13-18H,2-12H2,1H3/t13?,14?,15-,16+,17?,18?/m1/s1. The van der Waals surface area contributed by atoms with Crippen molar-refractivity contribution in [2.24, 2.45) is 17.8 Å². The lowest BCUT2D eigenvalue weighted by Crippen LogP contribution is -2.56. The molecule has 0 spiro atoms. The number of hydrogen-bond acceptors (Lipinski definition) is 3. The van der Waals surface area contributed by atoms with Gasteiger partial charge < -0.3 is 9.64 Å². The maximum atomic E-state index is 13.4. The summed E-state index contributed by atoms with van der Waals surface area (Å²) in [4.78, 5) is 18.0. The average molecular weight is 355 g/mol. The summed E-state index contributed by atoms with van der Waals surface area (Å²) in [6.07, 6.45) is 8.38. The highest BCUT2D eigenvalue weighted by atomic mass is 35.5. The van der Waals surface area contributed by atoms with Gasteiger partial charge in [0.15, 0.2) is 0 Å². The van der Waals surface area contributed by atoms with E-state index in [1.54, 1.807) is 0 Å². The minimum absolute atomic E-state index is 0.198. The lowest BCUT2D eigenvalue weighted by Gasteiger charge is -2.48. The quantitative estimate of drug-likeness (QED) is 0.715. The number of morpholine rings is 1. The molecule has 0 aromatic heterocycles. The van der Waals surface area contributed by atoms with Crippen LogP contribution in [0.1, 0.15) is 44.9 Å². The lowest BCUT2D eigenvalue weighted by atomic mass is 9.68. The fourth-order valence-electron chi connectivity index (χ4n) is 5.84. The van der Waals surface area contributed by atoms with Crippen molar-refractivity contribution in [2.75, 3.05) is 33.4 Å². The first-order chi connectivity index (χ1) is 11.6. The first kappa shape index (κ1) is 17.1. The van der Waals surface area contributed by atoms with Gasteiger partial charge in [-0.05, 0) is 63.8 Å². The molecule has 4 rings (SSSR count). The summed E-state index contributed by atoms with van der Waals surface area (Å²) in [6, 6.07) is 1.15. The first-order valence-corrected chi connectivity index (χ1v) is 10.3. The van der Waals surface area contributed by atoms with Crippen LogP contribution in [0.5, 0.6) is 0 Å². The number of fused-ring (bicyclic) bond motifs is 2. The van der Waals surface area contributed by atoms with Crippen LogP contribution in [0.15, 0.2) is 0 Å². The van der Waals surface area contributed by atoms with Gasteiger partial charge in [-0.3, -0.25) is 9.69 Å². The molecule has 1 aliphatic carbocycles. The average Bonchev–Trinajstić information content (AvgIpc) is 2.85. The SMILES string of the molecule is CN1C2CC[C@@H]1C[C@@H](C1CCC(Cl)CC1)C2C(=O)N1CCOCC1. The monoisotopic (exact) mass is 354 g/mol. The minimum atomic E-state index is 0.198. The van der Waals surface area contributed by atoms with E-state index in [1.807, 2.05) is 0 Å². The van der Waals surface area contributed by atoms with E-state index in [0.717, 1.165) is 25.9 Å². The van der Waals surface area contributed by atoms with Crippen LogP contribution >= 0.6 is 11.6 Å². The van der Waals surface area contributed by atoms with Crippen LogP contribution in [0.2, 0.25) is 0 Å². The molecule has 5 heteroatoms. The molecule has 2 unspecified atom stereocenters. The van der Waals surface area contributed by atoms with Gasteiger partial charge in [-0.2, -0.15) is 0 Å². The fraction of sp³-hybridized carbons (Fsp3) is 0.947. The molecule has 4 fully saturated rings. The van der Waals surface area contributed by atoms with E-state index >= 15 is 0 Å². The Morgan fingerprint density at radius 1 is 1.04 bits per heavy atom. The van der Waals surface area contributed by atoms with Gasteiger partial charge in [-0.15, -0.1) is 11.6 Å². The predicted molar refractivity (Wildman–Crippen MR) is 95.2 cm³/mol. The van der Waals surface area contributed by atoms with Crippen molar-refractivity contribution in [1.29, 1.82) is 0 Å². The van der Waals surface area contributed by atoms with Gasteiger partial charge in [0.05, 0.1) is 19.1 Å². The highest BCUT2D eigenvalue weighted by molar-refractivity contribution is 6.20. The zero-order chi connectivity index (χ0) is 16.7. The van der Waals surface area contributed by atoms with Gasteiger partial charge in [-0.1, -0.05) is 0 Å². The highest BCUT2D eigenvalue weighted by Crippen LogP contribution is 2.48. The summed E-state index contributed by atoms with van der Waals surface area (Å²) in [5, 5.41) is 0.359. The van der Waals surface area contributed by atoms with Crippen LogP contribution in [0.4, 0.5) is 0 Å². The number of ether oxygens (including phenoxy) is 1. The third-order valence-corrected chi connectivity index (χ3v) is 7.67. The topological polar surface area (TPSA) is 32.8 Å². The van der Waals surface area contributed by atoms with Crippen molar-refractivity contribution >= 4 is 17.5 Å². The molecule has 1 amide bonds. The van der Waals surface area contributed by atoms with E-state index in [4.69, 9.17) is 16.3 Å². The largest absolute Gasteiger partial charge is 0.378 e. The maximum absolute atomic E-state index is 13.4. The Balaban J connectivity index is 1.55. The van der Waals surface area contributed by atoms with Crippen LogP contribution < -0.4 is 0 Å². The Kier molecular flexibility index (Phi) is 5.08. The highest BCUT2D eigenvalue weighted by Gasteiger charge is 2.51. The number of nitrogens with zero attached hydrogens (tertiary/aromatic N) is 2. The molecule has 2 bridgehead atoms.